The van der Waals surface area contributed by atoms with Gasteiger partial charge in [0, 0.05) is 30.1 Å². The highest BCUT2D eigenvalue weighted by molar-refractivity contribution is 6.05. The highest BCUT2D eigenvalue weighted by atomic mass is 19.1. The van der Waals surface area contributed by atoms with Crippen molar-refractivity contribution in [1.82, 2.24) is 19.5 Å². The summed E-state index contributed by atoms with van der Waals surface area (Å²) >= 11 is 0. The molecule has 0 N–H and O–H groups in total. The van der Waals surface area contributed by atoms with Gasteiger partial charge >= 0.3 is 5.97 Å². The number of ether oxygens (including phenoxy) is 1. The number of ketones is 1. The first-order chi connectivity index (χ1) is 19.2. The van der Waals surface area contributed by atoms with E-state index in [2.05, 4.69) is 20.8 Å². The molecule has 8 nitrogen and oxygen atoms in total. The summed E-state index contributed by atoms with van der Waals surface area (Å²) in [6, 6.07) is 8.14. The number of likely N-dealkylation sites (tertiary alicyclic amines) is 1. The van der Waals surface area contributed by atoms with E-state index >= 15 is 0 Å². The lowest BCUT2D eigenvalue weighted by Crippen LogP contribution is -2.47. The van der Waals surface area contributed by atoms with E-state index in [1.807, 2.05) is 26.8 Å². The number of imidazole rings is 1. The fraction of sp³-hybridized carbons (Fsp3) is 0.531. The van der Waals surface area contributed by atoms with E-state index in [0.29, 0.717) is 49.4 Å². The molecule has 218 valence electrons. The van der Waals surface area contributed by atoms with E-state index in [4.69, 9.17) is 14.8 Å². The van der Waals surface area contributed by atoms with Crippen LogP contribution < -0.4 is 0 Å². The van der Waals surface area contributed by atoms with Gasteiger partial charge in [-0.2, -0.15) is 5.10 Å². The first-order valence-corrected chi connectivity index (χ1v) is 14.3. The van der Waals surface area contributed by atoms with E-state index in [1.165, 1.54) is 19.2 Å². The van der Waals surface area contributed by atoms with Gasteiger partial charge in [0.15, 0.2) is 11.4 Å². The van der Waals surface area contributed by atoms with Crippen molar-refractivity contribution < 1.29 is 23.5 Å². The second-order valence-corrected chi connectivity index (χ2v) is 13.5. The van der Waals surface area contributed by atoms with Crippen LogP contribution in [0.2, 0.25) is 0 Å². The Bertz CT molecular complexity index is 1510. The Morgan fingerprint density at radius 1 is 1.10 bits per heavy atom. The van der Waals surface area contributed by atoms with Crippen molar-refractivity contribution in [3.63, 3.8) is 0 Å². The smallest absolute Gasteiger partial charge is 0.321 e. The van der Waals surface area contributed by atoms with Crippen LogP contribution >= 0.6 is 0 Å². The van der Waals surface area contributed by atoms with Crippen LogP contribution in [0.15, 0.2) is 36.5 Å². The van der Waals surface area contributed by atoms with Gasteiger partial charge in [0.2, 0.25) is 5.91 Å². The number of fused-ring (bicyclic) bond motifs is 1. The van der Waals surface area contributed by atoms with Gasteiger partial charge in [-0.1, -0.05) is 41.5 Å². The molecule has 2 fully saturated rings. The number of carbonyl (C=O) groups is 3. The third-order valence-corrected chi connectivity index (χ3v) is 8.79. The van der Waals surface area contributed by atoms with Gasteiger partial charge in [0.25, 0.3) is 0 Å². The Morgan fingerprint density at radius 3 is 2.34 bits per heavy atom. The van der Waals surface area contributed by atoms with Gasteiger partial charge in [-0.05, 0) is 66.3 Å². The lowest BCUT2D eigenvalue weighted by molar-refractivity contribution is -0.156. The molecule has 2 aliphatic rings. The number of carbonyl (C=O) groups excluding carboxylic acids is 3. The molecule has 1 amide bonds. The highest BCUT2D eigenvalue weighted by Gasteiger charge is 2.60. The third-order valence-electron chi connectivity index (χ3n) is 8.79. The summed E-state index contributed by atoms with van der Waals surface area (Å²) in [5.74, 6) is -1.49. The molecular weight excluding hydrogens is 523 g/mol. The van der Waals surface area contributed by atoms with Crippen molar-refractivity contribution in [1.29, 1.82) is 0 Å². The molecular formula is C32H39FN4O4. The number of amides is 1. The number of rotatable bonds is 5. The molecule has 41 heavy (non-hydrogen) atoms. The van der Waals surface area contributed by atoms with Crippen molar-refractivity contribution in [2.75, 3.05) is 20.2 Å². The van der Waals surface area contributed by atoms with Crippen molar-refractivity contribution in [2.45, 2.75) is 66.2 Å². The number of benzene rings is 1. The molecule has 0 bridgehead atoms. The number of methoxy groups -OCH3 is 1. The molecule has 0 spiro atoms. The van der Waals surface area contributed by atoms with Crippen molar-refractivity contribution in [3.05, 3.63) is 53.6 Å². The van der Waals surface area contributed by atoms with Crippen LogP contribution in [0, 0.1) is 28.5 Å². The maximum atomic E-state index is 14.2. The van der Waals surface area contributed by atoms with Crippen LogP contribution in [0.1, 0.15) is 76.9 Å². The quantitative estimate of drug-likeness (QED) is 0.232. The van der Waals surface area contributed by atoms with Crippen molar-refractivity contribution >= 4 is 23.3 Å². The third kappa shape index (κ3) is 5.15. The summed E-state index contributed by atoms with van der Waals surface area (Å²) in [4.78, 5) is 46.7. The fourth-order valence-corrected chi connectivity index (χ4v) is 6.45. The molecule has 3 heterocycles. The summed E-state index contributed by atoms with van der Waals surface area (Å²) in [5, 5.41) is 4.75. The van der Waals surface area contributed by atoms with Crippen LogP contribution in [-0.2, 0) is 19.7 Å². The number of nitrogens with zero attached hydrogens (tertiary/aromatic N) is 4. The molecule has 1 aliphatic carbocycles. The van der Waals surface area contributed by atoms with E-state index in [-0.39, 0.29) is 28.8 Å². The summed E-state index contributed by atoms with van der Waals surface area (Å²) in [6.07, 6.45) is 3.32. The molecule has 3 aromatic rings. The Kier molecular flexibility index (Phi) is 7.07. The van der Waals surface area contributed by atoms with E-state index in [1.54, 1.807) is 27.7 Å². The van der Waals surface area contributed by atoms with Crippen LogP contribution in [0.3, 0.4) is 0 Å². The Labute approximate surface area is 240 Å². The average molecular weight is 563 g/mol. The normalized spacial score (nSPS) is 21.8. The van der Waals surface area contributed by atoms with E-state index in [0.717, 1.165) is 11.1 Å². The second-order valence-electron chi connectivity index (χ2n) is 13.5. The van der Waals surface area contributed by atoms with Crippen LogP contribution in [0.5, 0.6) is 0 Å². The molecule has 5 rings (SSSR count). The van der Waals surface area contributed by atoms with E-state index < -0.39 is 22.7 Å². The van der Waals surface area contributed by atoms with Crippen molar-refractivity contribution in [2.24, 2.45) is 22.7 Å². The number of halogens is 1. The minimum absolute atomic E-state index is 0.0155. The molecule has 1 saturated carbocycles. The molecule has 2 aromatic heterocycles. The Morgan fingerprint density at radius 2 is 1.76 bits per heavy atom. The summed E-state index contributed by atoms with van der Waals surface area (Å²) in [7, 11) is 1.32. The van der Waals surface area contributed by atoms with Gasteiger partial charge in [-0.25, -0.2) is 13.9 Å². The minimum atomic E-state index is -1.07. The molecule has 0 radical (unpaired) electrons. The van der Waals surface area contributed by atoms with Gasteiger partial charge in [0.1, 0.15) is 16.9 Å². The van der Waals surface area contributed by atoms with Crippen LogP contribution in [-0.4, -0.2) is 57.4 Å². The first kappa shape index (κ1) is 28.9. The molecule has 1 aliphatic heterocycles. The number of hydrogen-bond acceptors (Lipinski definition) is 6. The fourth-order valence-electron chi connectivity index (χ4n) is 6.45. The lowest BCUT2D eigenvalue weighted by Gasteiger charge is -2.37. The molecule has 1 saturated heterocycles. The van der Waals surface area contributed by atoms with Gasteiger partial charge in [-0.3, -0.25) is 14.4 Å². The number of Topliss-reactive ketones (excluding diaryl/α,β-unsaturated/α-hetero) is 1. The molecule has 2 atom stereocenters. The zero-order chi connectivity index (χ0) is 29.9. The summed E-state index contributed by atoms with van der Waals surface area (Å²) in [6.45, 7) is 13.1. The standard InChI is InChI=1S/C32H39FN4O4/c1-19-12-15-36(28(39)32(13-14-32)29(40)41-7)18-31(5,6)25(19)26(38)24-17-37-27(34-24)22(30(2,3)4)16-23(35-37)20-8-10-21(33)11-9-20/h8-11,16-17,19,25H,12-15,18H2,1-7H3. The lowest BCUT2D eigenvalue weighted by atomic mass is 9.69. The van der Waals surface area contributed by atoms with Gasteiger partial charge < -0.3 is 9.64 Å². The van der Waals surface area contributed by atoms with E-state index in [9.17, 15) is 18.8 Å². The monoisotopic (exact) mass is 562 g/mol. The Balaban J connectivity index is 1.50. The molecule has 1 aromatic carbocycles. The predicted molar refractivity (Wildman–Crippen MR) is 153 cm³/mol. The van der Waals surface area contributed by atoms with Gasteiger partial charge in [0.05, 0.1) is 19.0 Å². The first-order valence-electron chi connectivity index (χ1n) is 14.3. The summed E-state index contributed by atoms with van der Waals surface area (Å²) in [5.41, 5.74) is 1.36. The predicted octanol–water partition coefficient (Wildman–Crippen LogP) is 5.48. The topological polar surface area (TPSA) is 93.9 Å². The Hall–Kier alpha value is -3.62. The average Bonchev–Trinajstić information content (AvgIpc) is 3.63. The number of aromatic nitrogens is 3. The zero-order valence-electron chi connectivity index (χ0n) is 25.0. The largest absolute Gasteiger partial charge is 0.468 e. The maximum Gasteiger partial charge on any atom is 0.321 e. The second kappa shape index (κ2) is 10.0. The zero-order valence-corrected chi connectivity index (χ0v) is 25.0. The highest BCUT2D eigenvalue weighted by Crippen LogP contribution is 2.50. The summed E-state index contributed by atoms with van der Waals surface area (Å²) < 4.78 is 20.2. The SMILES string of the molecule is COC(=O)C1(C(=O)N2CCC(C)C(C(=O)c3cn4nc(-c5ccc(F)cc5)cc(C(C)(C)C)c4n3)C(C)(C)C2)CC1. The molecule has 9 heteroatoms. The van der Waals surface area contributed by atoms with Crippen LogP contribution in [0.25, 0.3) is 16.9 Å². The molecule has 2 unspecified atom stereocenters. The number of hydrogen-bond donors (Lipinski definition) is 0. The van der Waals surface area contributed by atoms with Crippen molar-refractivity contribution in [3.8, 4) is 11.3 Å². The maximum absolute atomic E-state index is 14.2. The van der Waals surface area contributed by atoms with Crippen LogP contribution in [0.4, 0.5) is 4.39 Å². The minimum Gasteiger partial charge on any atom is -0.468 e. The van der Waals surface area contributed by atoms with Gasteiger partial charge in [-0.15, -0.1) is 0 Å². The number of esters is 1.